The summed E-state index contributed by atoms with van der Waals surface area (Å²) in [7, 11) is 0. The first kappa shape index (κ1) is 14.1. The van der Waals surface area contributed by atoms with Gasteiger partial charge in [0.2, 0.25) is 0 Å². The first-order valence-corrected chi connectivity index (χ1v) is 5.21. The molecular formula is C12H12F2O4. The van der Waals surface area contributed by atoms with Gasteiger partial charge in [-0.2, -0.15) is 8.78 Å². The van der Waals surface area contributed by atoms with E-state index in [1.54, 1.807) is 0 Å². The van der Waals surface area contributed by atoms with E-state index < -0.39 is 24.3 Å². The molecule has 0 spiro atoms. The first-order chi connectivity index (χ1) is 8.41. The van der Waals surface area contributed by atoms with Crippen LogP contribution >= 0.6 is 0 Å². The van der Waals surface area contributed by atoms with E-state index in [4.69, 9.17) is 5.11 Å². The third-order valence-electron chi connectivity index (χ3n) is 2.30. The number of alkyl halides is 2. The quantitative estimate of drug-likeness (QED) is 0.796. The van der Waals surface area contributed by atoms with Crippen molar-refractivity contribution in [3.05, 3.63) is 29.8 Å². The van der Waals surface area contributed by atoms with Crippen molar-refractivity contribution in [2.24, 2.45) is 5.92 Å². The van der Waals surface area contributed by atoms with Crippen LogP contribution in [0.5, 0.6) is 5.75 Å². The lowest BCUT2D eigenvalue weighted by atomic mass is 9.96. The van der Waals surface area contributed by atoms with Crippen LogP contribution < -0.4 is 4.74 Å². The van der Waals surface area contributed by atoms with E-state index >= 15 is 0 Å². The van der Waals surface area contributed by atoms with Gasteiger partial charge in [0.25, 0.3) is 0 Å². The summed E-state index contributed by atoms with van der Waals surface area (Å²) in [4.78, 5) is 22.4. The summed E-state index contributed by atoms with van der Waals surface area (Å²) in [6.07, 6.45) is -0.359. The van der Waals surface area contributed by atoms with Crippen molar-refractivity contribution in [2.75, 3.05) is 0 Å². The van der Waals surface area contributed by atoms with Crippen LogP contribution in [0.1, 0.15) is 23.7 Å². The van der Waals surface area contributed by atoms with Crippen molar-refractivity contribution in [1.29, 1.82) is 0 Å². The van der Waals surface area contributed by atoms with E-state index in [0.717, 1.165) is 0 Å². The minimum absolute atomic E-state index is 0.0356. The fraction of sp³-hybridized carbons (Fsp3) is 0.333. The minimum atomic E-state index is -3.03. The molecule has 0 aliphatic carbocycles. The first-order valence-electron chi connectivity index (χ1n) is 5.21. The molecule has 0 aromatic heterocycles. The molecule has 0 amide bonds. The van der Waals surface area contributed by atoms with Crippen LogP contribution in [0.3, 0.4) is 0 Å². The molecule has 1 aromatic carbocycles. The van der Waals surface area contributed by atoms with Crippen LogP contribution in [0, 0.1) is 5.92 Å². The highest BCUT2D eigenvalue weighted by Gasteiger charge is 2.22. The zero-order valence-electron chi connectivity index (χ0n) is 9.60. The van der Waals surface area contributed by atoms with E-state index in [-0.39, 0.29) is 17.7 Å². The van der Waals surface area contributed by atoms with Crippen molar-refractivity contribution < 1.29 is 28.2 Å². The normalized spacial score (nSPS) is 12.2. The van der Waals surface area contributed by atoms with Gasteiger partial charge < -0.3 is 9.84 Å². The number of hydrogen-bond donors (Lipinski definition) is 1. The second kappa shape index (κ2) is 6.09. The van der Waals surface area contributed by atoms with Gasteiger partial charge in [-0.05, 0) is 12.1 Å². The Balaban J connectivity index is 2.94. The number of carboxylic acid groups (broad SMARTS) is 1. The number of carbonyl (C=O) groups is 2. The predicted octanol–water partition coefficient (Wildman–Crippen LogP) is 2.58. The summed E-state index contributed by atoms with van der Waals surface area (Å²) in [5, 5.41) is 8.59. The third kappa shape index (κ3) is 3.80. The number of hydrogen-bond acceptors (Lipinski definition) is 3. The standard InChI is InChI=1S/C12H12F2O4/c1-7(6-10(15)16)11(17)8-4-2-3-5-9(8)18-12(13)14/h2-5,7,12H,6H2,1H3,(H,15,16). The smallest absolute Gasteiger partial charge is 0.387 e. The van der Waals surface area contributed by atoms with Gasteiger partial charge in [0.05, 0.1) is 12.0 Å². The topological polar surface area (TPSA) is 63.6 Å². The second-order valence-corrected chi connectivity index (χ2v) is 3.74. The number of ether oxygens (including phenoxy) is 1. The van der Waals surface area contributed by atoms with Crippen molar-refractivity contribution in [1.82, 2.24) is 0 Å². The van der Waals surface area contributed by atoms with Gasteiger partial charge in [-0.1, -0.05) is 19.1 Å². The highest BCUT2D eigenvalue weighted by Crippen LogP contribution is 2.24. The van der Waals surface area contributed by atoms with Crippen molar-refractivity contribution in [3.8, 4) is 5.75 Å². The van der Waals surface area contributed by atoms with E-state index in [0.29, 0.717) is 0 Å². The number of carbonyl (C=O) groups excluding carboxylic acids is 1. The van der Waals surface area contributed by atoms with Crippen LogP contribution in [-0.2, 0) is 4.79 Å². The summed E-state index contributed by atoms with van der Waals surface area (Å²) >= 11 is 0. The predicted molar refractivity (Wildman–Crippen MR) is 58.8 cm³/mol. The lowest BCUT2D eigenvalue weighted by Crippen LogP contribution is -2.17. The van der Waals surface area contributed by atoms with Gasteiger partial charge in [0, 0.05) is 5.92 Å². The zero-order valence-corrected chi connectivity index (χ0v) is 9.60. The summed E-state index contributed by atoms with van der Waals surface area (Å²) in [6.45, 7) is -1.61. The van der Waals surface area contributed by atoms with Crippen LogP contribution in [0.4, 0.5) is 8.78 Å². The number of halogens is 2. The number of carboxylic acids is 1. The average molecular weight is 258 g/mol. The number of ketones is 1. The second-order valence-electron chi connectivity index (χ2n) is 3.74. The number of rotatable bonds is 6. The molecule has 0 bridgehead atoms. The Morgan fingerprint density at radius 2 is 1.94 bits per heavy atom. The third-order valence-corrected chi connectivity index (χ3v) is 2.30. The Hall–Kier alpha value is -1.98. The monoisotopic (exact) mass is 258 g/mol. The maximum atomic E-state index is 12.1. The Morgan fingerprint density at radius 3 is 2.50 bits per heavy atom. The number of para-hydroxylation sites is 1. The van der Waals surface area contributed by atoms with Gasteiger partial charge in [-0.3, -0.25) is 9.59 Å². The number of aliphatic carboxylic acids is 1. The number of benzene rings is 1. The summed E-state index contributed by atoms with van der Waals surface area (Å²) in [6, 6.07) is 5.53. The van der Waals surface area contributed by atoms with E-state index in [9.17, 15) is 18.4 Å². The molecule has 0 saturated carbocycles. The maximum absolute atomic E-state index is 12.1. The van der Waals surface area contributed by atoms with Gasteiger partial charge in [-0.25, -0.2) is 0 Å². The molecule has 1 atom stereocenters. The molecule has 1 N–H and O–H groups in total. The van der Waals surface area contributed by atoms with Crippen molar-refractivity contribution in [3.63, 3.8) is 0 Å². The van der Waals surface area contributed by atoms with Gasteiger partial charge in [-0.15, -0.1) is 0 Å². The Morgan fingerprint density at radius 1 is 1.33 bits per heavy atom. The van der Waals surface area contributed by atoms with Crippen LogP contribution in [0.15, 0.2) is 24.3 Å². The molecule has 1 rings (SSSR count). The van der Waals surface area contributed by atoms with Crippen molar-refractivity contribution in [2.45, 2.75) is 20.0 Å². The highest BCUT2D eigenvalue weighted by atomic mass is 19.3. The lowest BCUT2D eigenvalue weighted by Gasteiger charge is -2.12. The molecule has 0 saturated heterocycles. The molecule has 0 radical (unpaired) electrons. The SMILES string of the molecule is CC(CC(=O)O)C(=O)c1ccccc1OC(F)F. The Labute approximate surface area is 102 Å². The summed E-state index contributed by atoms with van der Waals surface area (Å²) in [5.41, 5.74) is -0.0356. The molecule has 1 aromatic rings. The molecule has 0 fully saturated rings. The molecule has 0 heterocycles. The van der Waals surface area contributed by atoms with Crippen LogP contribution in [0.2, 0.25) is 0 Å². The molecule has 1 unspecified atom stereocenters. The highest BCUT2D eigenvalue weighted by molar-refractivity contribution is 6.01. The maximum Gasteiger partial charge on any atom is 0.387 e. The van der Waals surface area contributed by atoms with Gasteiger partial charge in [0.1, 0.15) is 5.75 Å². The molecule has 4 nitrogen and oxygen atoms in total. The van der Waals surface area contributed by atoms with Crippen molar-refractivity contribution >= 4 is 11.8 Å². The zero-order chi connectivity index (χ0) is 13.7. The lowest BCUT2D eigenvalue weighted by molar-refractivity contribution is -0.137. The Bertz CT molecular complexity index is 445. The van der Waals surface area contributed by atoms with E-state index in [2.05, 4.69) is 4.74 Å². The van der Waals surface area contributed by atoms with E-state index in [1.807, 2.05) is 0 Å². The summed E-state index contributed by atoms with van der Waals surface area (Å²) in [5.74, 6) is -2.70. The number of Topliss-reactive ketones (excluding diaryl/α,β-unsaturated/α-hetero) is 1. The fourth-order valence-corrected chi connectivity index (χ4v) is 1.49. The van der Waals surface area contributed by atoms with E-state index in [1.165, 1.54) is 31.2 Å². The summed E-state index contributed by atoms with van der Waals surface area (Å²) < 4.78 is 28.5. The van der Waals surface area contributed by atoms with Crippen LogP contribution in [-0.4, -0.2) is 23.5 Å². The molecule has 18 heavy (non-hydrogen) atoms. The van der Waals surface area contributed by atoms with Gasteiger partial charge >= 0.3 is 12.6 Å². The van der Waals surface area contributed by atoms with Gasteiger partial charge in [0.15, 0.2) is 5.78 Å². The molecule has 0 aliphatic heterocycles. The van der Waals surface area contributed by atoms with Crippen LogP contribution in [0.25, 0.3) is 0 Å². The Kier molecular flexibility index (Phi) is 4.76. The largest absolute Gasteiger partial charge is 0.481 e. The fourth-order valence-electron chi connectivity index (χ4n) is 1.49. The molecule has 0 aliphatic rings. The molecule has 98 valence electrons. The molecule has 6 heteroatoms. The average Bonchev–Trinajstić information content (AvgIpc) is 2.27. The minimum Gasteiger partial charge on any atom is -0.481 e. The molecular weight excluding hydrogens is 246 g/mol.